The van der Waals surface area contributed by atoms with E-state index in [0.29, 0.717) is 5.95 Å². The highest BCUT2D eigenvalue weighted by molar-refractivity contribution is 5.90. The second-order valence-electron chi connectivity index (χ2n) is 6.43. The predicted molar refractivity (Wildman–Crippen MR) is 100 cm³/mol. The van der Waals surface area contributed by atoms with Crippen molar-refractivity contribution in [3.8, 4) is 0 Å². The molecule has 2 aromatic carbocycles. The Labute approximate surface area is 154 Å². The number of piperidine rings is 1. The molecule has 1 fully saturated rings. The number of aromatic nitrogens is 2. The molecule has 4 rings (SSSR count). The van der Waals surface area contributed by atoms with Crippen LogP contribution in [0.25, 0.3) is 10.9 Å². The van der Waals surface area contributed by atoms with Crippen LogP contribution in [0, 0.1) is 6.92 Å². The van der Waals surface area contributed by atoms with Gasteiger partial charge in [-0.15, -0.1) is 0 Å². The molecule has 0 unspecified atom stereocenters. The number of fused-ring (bicyclic) bond motifs is 1. The van der Waals surface area contributed by atoms with Gasteiger partial charge in [-0.2, -0.15) is 4.98 Å². The van der Waals surface area contributed by atoms with Gasteiger partial charge in [-0.05, 0) is 56.0 Å². The van der Waals surface area contributed by atoms with Gasteiger partial charge < -0.3 is 22.6 Å². The van der Waals surface area contributed by atoms with Gasteiger partial charge >= 0.3 is 0 Å². The standard InChI is InChI=1S/C20H22N4.ClH/c1-15-8-7-9-16(14-15)21-20-22-18-11-4-3-10-17(18)19(23-20)24-12-5-2-6-13-24;/h3-4,7-11,14H,2,5-6,12-13H2,1H3,(H,21,22,23);1H/p-1. The Morgan fingerprint density at radius 3 is 2.52 bits per heavy atom. The van der Waals surface area contributed by atoms with Crippen LogP contribution < -0.4 is 22.6 Å². The first kappa shape index (κ1) is 17.5. The summed E-state index contributed by atoms with van der Waals surface area (Å²) in [6.07, 6.45) is 3.78. The van der Waals surface area contributed by atoms with Crippen molar-refractivity contribution in [3.05, 3.63) is 54.1 Å². The summed E-state index contributed by atoms with van der Waals surface area (Å²) in [6.45, 7) is 4.24. The van der Waals surface area contributed by atoms with Crippen molar-refractivity contribution in [2.24, 2.45) is 0 Å². The maximum atomic E-state index is 4.85. The van der Waals surface area contributed by atoms with E-state index >= 15 is 0 Å². The van der Waals surface area contributed by atoms with Crippen molar-refractivity contribution in [2.45, 2.75) is 26.2 Å². The van der Waals surface area contributed by atoms with Gasteiger partial charge in [-0.25, -0.2) is 4.98 Å². The number of aryl methyl sites for hydroxylation is 1. The highest BCUT2D eigenvalue weighted by atomic mass is 35.5. The minimum Gasteiger partial charge on any atom is -1.00 e. The van der Waals surface area contributed by atoms with E-state index in [2.05, 4.69) is 47.5 Å². The van der Waals surface area contributed by atoms with Gasteiger partial charge in [0.15, 0.2) is 0 Å². The monoisotopic (exact) mass is 353 g/mol. The van der Waals surface area contributed by atoms with Gasteiger partial charge in [0, 0.05) is 24.2 Å². The molecule has 5 heteroatoms. The van der Waals surface area contributed by atoms with Crippen LogP contribution in [0.5, 0.6) is 0 Å². The number of anilines is 3. The highest BCUT2D eigenvalue weighted by Gasteiger charge is 2.17. The number of para-hydroxylation sites is 1. The third-order valence-electron chi connectivity index (χ3n) is 4.51. The molecule has 0 atom stereocenters. The molecule has 0 saturated carbocycles. The first-order chi connectivity index (χ1) is 11.8. The van der Waals surface area contributed by atoms with Crippen LogP contribution in [-0.2, 0) is 0 Å². The Hall–Kier alpha value is -2.33. The average Bonchev–Trinajstić information content (AvgIpc) is 2.62. The Balaban J connectivity index is 0.00000182. The third-order valence-corrected chi connectivity index (χ3v) is 4.51. The Morgan fingerprint density at radius 2 is 1.72 bits per heavy atom. The van der Waals surface area contributed by atoms with E-state index in [9.17, 15) is 0 Å². The zero-order chi connectivity index (χ0) is 16.4. The minimum atomic E-state index is 0. The van der Waals surface area contributed by atoms with Gasteiger partial charge in [0.25, 0.3) is 0 Å². The topological polar surface area (TPSA) is 41.1 Å². The molecule has 1 aromatic heterocycles. The normalized spacial score (nSPS) is 14.2. The van der Waals surface area contributed by atoms with Crippen molar-refractivity contribution < 1.29 is 12.4 Å². The second kappa shape index (κ2) is 7.70. The molecule has 1 aliphatic heterocycles. The molecule has 1 aliphatic rings. The third kappa shape index (κ3) is 3.85. The van der Waals surface area contributed by atoms with Gasteiger partial charge in [0.2, 0.25) is 5.95 Å². The summed E-state index contributed by atoms with van der Waals surface area (Å²) in [7, 11) is 0. The molecule has 0 radical (unpaired) electrons. The lowest BCUT2D eigenvalue weighted by Crippen LogP contribution is -3.00. The van der Waals surface area contributed by atoms with E-state index in [0.717, 1.165) is 35.5 Å². The lowest BCUT2D eigenvalue weighted by atomic mass is 10.1. The first-order valence-electron chi connectivity index (χ1n) is 8.65. The van der Waals surface area contributed by atoms with Crippen molar-refractivity contribution in [1.29, 1.82) is 0 Å². The molecule has 3 aromatic rings. The second-order valence-corrected chi connectivity index (χ2v) is 6.43. The number of hydrogen-bond acceptors (Lipinski definition) is 4. The van der Waals surface area contributed by atoms with E-state index in [1.807, 2.05) is 18.2 Å². The molecule has 0 bridgehead atoms. The maximum Gasteiger partial charge on any atom is 0.229 e. The Kier molecular flexibility index (Phi) is 5.39. The fourth-order valence-corrected chi connectivity index (χ4v) is 3.31. The molecule has 0 spiro atoms. The van der Waals surface area contributed by atoms with E-state index in [1.54, 1.807) is 0 Å². The van der Waals surface area contributed by atoms with Crippen molar-refractivity contribution in [1.82, 2.24) is 9.97 Å². The molecule has 0 aliphatic carbocycles. The molecule has 0 amide bonds. The van der Waals surface area contributed by atoms with E-state index in [-0.39, 0.29) is 12.4 Å². The van der Waals surface area contributed by atoms with E-state index in [4.69, 9.17) is 9.97 Å². The number of rotatable bonds is 3. The number of nitrogens with one attached hydrogen (secondary N) is 1. The summed E-state index contributed by atoms with van der Waals surface area (Å²) in [5.74, 6) is 1.72. The van der Waals surface area contributed by atoms with Crippen LogP contribution in [0.4, 0.5) is 17.5 Å². The van der Waals surface area contributed by atoms with Crippen LogP contribution >= 0.6 is 0 Å². The number of nitrogens with zero attached hydrogens (tertiary/aromatic N) is 3. The Bertz CT molecular complexity index is 859. The fourth-order valence-electron chi connectivity index (χ4n) is 3.31. The van der Waals surface area contributed by atoms with Crippen LogP contribution in [0.15, 0.2) is 48.5 Å². The minimum absolute atomic E-state index is 0. The quantitative estimate of drug-likeness (QED) is 0.777. The molecular formula is C20H22ClN4-. The molecule has 130 valence electrons. The molecule has 25 heavy (non-hydrogen) atoms. The summed E-state index contributed by atoms with van der Waals surface area (Å²) < 4.78 is 0. The zero-order valence-corrected chi connectivity index (χ0v) is 15.1. The molecule has 2 heterocycles. The Morgan fingerprint density at radius 1 is 0.920 bits per heavy atom. The number of hydrogen-bond donors (Lipinski definition) is 1. The molecular weight excluding hydrogens is 332 g/mol. The molecule has 1 N–H and O–H groups in total. The average molecular weight is 354 g/mol. The summed E-state index contributed by atoms with van der Waals surface area (Å²) in [5.41, 5.74) is 3.23. The summed E-state index contributed by atoms with van der Waals surface area (Å²) in [6, 6.07) is 16.6. The van der Waals surface area contributed by atoms with Gasteiger partial charge in [0.05, 0.1) is 5.52 Å². The van der Waals surface area contributed by atoms with Crippen LogP contribution in [0.2, 0.25) is 0 Å². The number of halogens is 1. The SMILES string of the molecule is Cc1cccc(Nc2nc(N3CCCCC3)c3ccccc3n2)c1.[Cl-]. The van der Waals surface area contributed by atoms with Crippen molar-refractivity contribution in [3.63, 3.8) is 0 Å². The first-order valence-corrected chi connectivity index (χ1v) is 8.65. The van der Waals surface area contributed by atoms with Crippen molar-refractivity contribution in [2.75, 3.05) is 23.3 Å². The van der Waals surface area contributed by atoms with E-state index < -0.39 is 0 Å². The summed E-state index contributed by atoms with van der Waals surface area (Å²) >= 11 is 0. The number of benzene rings is 2. The smallest absolute Gasteiger partial charge is 0.229 e. The predicted octanol–water partition coefficient (Wildman–Crippen LogP) is 1.68. The maximum absolute atomic E-state index is 4.85. The molecule has 1 saturated heterocycles. The summed E-state index contributed by atoms with van der Waals surface area (Å²) in [4.78, 5) is 12.0. The lowest BCUT2D eigenvalue weighted by Gasteiger charge is -2.29. The lowest BCUT2D eigenvalue weighted by molar-refractivity contribution is -0.00000501. The zero-order valence-electron chi connectivity index (χ0n) is 14.4. The largest absolute Gasteiger partial charge is 1.00 e. The van der Waals surface area contributed by atoms with Crippen LogP contribution in [-0.4, -0.2) is 23.1 Å². The summed E-state index contributed by atoms with van der Waals surface area (Å²) in [5, 5.41) is 4.50. The van der Waals surface area contributed by atoms with Crippen LogP contribution in [0.3, 0.4) is 0 Å². The van der Waals surface area contributed by atoms with Gasteiger partial charge in [-0.1, -0.05) is 24.3 Å². The van der Waals surface area contributed by atoms with Gasteiger partial charge in [0.1, 0.15) is 5.82 Å². The van der Waals surface area contributed by atoms with Crippen molar-refractivity contribution >= 4 is 28.4 Å². The highest BCUT2D eigenvalue weighted by Crippen LogP contribution is 2.28. The molecule has 4 nitrogen and oxygen atoms in total. The van der Waals surface area contributed by atoms with Gasteiger partial charge in [-0.3, -0.25) is 0 Å². The fraction of sp³-hybridized carbons (Fsp3) is 0.300. The van der Waals surface area contributed by atoms with E-state index in [1.165, 1.54) is 24.8 Å². The van der Waals surface area contributed by atoms with Crippen LogP contribution in [0.1, 0.15) is 24.8 Å².